The molecular formula is C18H19FN2O4. The SMILES string of the molecule is C[C@H](NCc1ccc(OCc2ccc(F)cc2)c2c1OCO2)C(N)=O. The van der Waals surface area contributed by atoms with Gasteiger partial charge in [-0.05, 0) is 30.7 Å². The zero-order valence-corrected chi connectivity index (χ0v) is 13.8. The fourth-order valence-corrected chi connectivity index (χ4v) is 2.39. The van der Waals surface area contributed by atoms with E-state index in [2.05, 4.69) is 5.32 Å². The molecule has 0 radical (unpaired) electrons. The zero-order valence-electron chi connectivity index (χ0n) is 13.8. The number of carbonyl (C=O) groups excluding carboxylic acids is 1. The second-order valence-corrected chi connectivity index (χ2v) is 5.71. The minimum Gasteiger partial charge on any atom is -0.485 e. The molecule has 7 heteroatoms. The summed E-state index contributed by atoms with van der Waals surface area (Å²) in [7, 11) is 0. The largest absolute Gasteiger partial charge is 0.485 e. The van der Waals surface area contributed by atoms with Crippen LogP contribution in [-0.4, -0.2) is 18.7 Å². The van der Waals surface area contributed by atoms with E-state index in [0.717, 1.165) is 11.1 Å². The van der Waals surface area contributed by atoms with Crippen molar-refractivity contribution in [1.82, 2.24) is 5.32 Å². The van der Waals surface area contributed by atoms with E-state index in [1.165, 1.54) is 12.1 Å². The summed E-state index contributed by atoms with van der Waals surface area (Å²) in [5, 5.41) is 3.02. The van der Waals surface area contributed by atoms with Crippen molar-refractivity contribution < 1.29 is 23.4 Å². The van der Waals surface area contributed by atoms with Crippen molar-refractivity contribution in [3.63, 3.8) is 0 Å². The average Bonchev–Trinajstić information content (AvgIpc) is 3.09. The summed E-state index contributed by atoms with van der Waals surface area (Å²) in [6, 6.07) is 9.27. The molecule has 1 aliphatic rings. The number of hydrogen-bond acceptors (Lipinski definition) is 5. The van der Waals surface area contributed by atoms with Gasteiger partial charge in [-0.1, -0.05) is 18.2 Å². The summed E-state index contributed by atoms with van der Waals surface area (Å²) in [4.78, 5) is 11.1. The molecule has 1 heterocycles. The van der Waals surface area contributed by atoms with Gasteiger partial charge < -0.3 is 25.3 Å². The Kier molecular flexibility index (Phi) is 5.04. The first-order valence-electron chi connectivity index (χ1n) is 7.86. The zero-order chi connectivity index (χ0) is 17.8. The lowest BCUT2D eigenvalue weighted by molar-refractivity contribution is -0.119. The molecule has 0 saturated carbocycles. The number of ether oxygens (including phenoxy) is 3. The van der Waals surface area contributed by atoms with Gasteiger partial charge in [0.1, 0.15) is 12.4 Å². The number of benzene rings is 2. The predicted molar refractivity (Wildman–Crippen MR) is 88.8 cm³/mol. The Morgan fingerprint density at radius 2 is 1.96 bits per heavy atom. The normalized spacial score (nSPS) is 13.5. The average molecular weight is 346 g/mol. The van der Waals surface area contributed by atoms with E-state index in [1.54, 1.807) is 25.1 Å². The fraction of sp³-hybridized carbons (Fsp3) is 0.278. The van der Waals surface area contributed by atoms with Crippen LogP contribution < -0.4 is 25.3 Å². The van der Waals surface area contributed by atoms with Gasteiger partial charge in [-0.2, -0.15) is 0 Å². The smallest absolute Gasteiger partial charge is 0.234 e. The lowest BCUT2D eigenvalue weighted by Crippen LogP contribution is -2.38. The fourth-order valence-electron chi connectivity index (χ4n) is 2.39. The van der Waals surface area contributed by atoms with Gasteiger partial charge in [0, 0.05) is 12.1 Å². The highest BCUT2D eigenvalue weighted by Gasteiger charge is 2.23. The molecule has 0 fully saturated rings. The first kappa shape index (κ1) is 17.0. The first-order chi connectivity index (χ1) is 12.0. The van der Waals surface area contributed by atoms with Crippen LogP contribution in [0.15, 0.2) is 36.4 Å². The second kappa shape index (κ2) is 7.40. The Bertz CT molecular complexity index is 764. The maximum atomic E-state index is 12.9. The number of nitrogens with two attached hydrogens (primary N) is 1. The Hall–Kier alpha value is -2.80. The number of primary amides is 1. The number of carbonyl (C=O) groups is 1. The molecule has 0 aliphatic carbocycles. The number of halogens is 1. The third kappa shape index (κ3) is 4.00. The number of amides is 1. The van der Waals surface area contributed by atoms with E-state index in [4.69, 9.17) is 19.9 Å². The maximum Gasteiger partial charge on any atom is 0.234 e. The van der Waals surface area contributed by atoms with Gasteiger partial charge in [-0.15, -0.1) is 0 Å². The van der Waals surface area contributed by atoms with E-state index in [1.807, 2.05) is 6.07 Å². The first-order valence-corrected chi connectivity index (χ1v) is 7.86. The van der Waals surface area contributed by atoms with Crippen LogP contribution in [0.3, 0.4) is 0 Å². The van der Waals surface area contributed by atoms with Crippen LogP contribution in [0.5, 0.6) is 17.2 Å². The Morgan fingerprint density at radius 1 is 1.24 bits per heavy atom. The third-order valence-electron chi connectivity index (χ3n) is 3.90. The molecule has 1 amide bonds. The van der Waals surface area contributed by atoms with E-state index in [0.29, 0.717) is 23.8 Å². The standard InChI is InChI=1S/C18H19FN2O4/c1-11(18(20)22)21-8-13-4-7-15(17-16(13)24-10-25-17)23-9-12-2-5-14(19)6-3-12/h2-7,11,21H,8-10H2,1H3,(H2,20,22)/t11-/m0/s1. The van der Waals surface area contributed by atoms with Crippen LogP contribution in [0, 0.1) is 5.82 Å². The lowest BCUT2D eigenvalue weighted by atomic mass is 10.1. The van der Waals surface area contributed by atoms with Gasteiger partial charge >= 0.3 is 0 Å². The number of hydrogen-bond donors (Lipinski definition) is 2. The number of rotatable bonds is 7. The van der Waals surface area contributed by atoms with Crippen LogP contribution >= 0.6 is 0 Å². The van der Waals surface area contributed by atoms with Crippen molar-refractivity contribution in [3.05, 3.63) is 53.3 Å². The van der Waals surface area contributed by atoms with Crippen LogP contribution in [0.25, 0.3) is 0 Å². The van der Waals surface area contributed by atoms with Crippen molar-refractivity contribution >= 4 is 5.91 Å². The van der Waals surface area contributed by atoms with Gasteiger partial charge in [0.2, 0.25) is 18.4 Å². The van der Waals surface area contributed by atoms with E-state index in [9.17, 15) is 9.18 Å². The summed E-state index contributed by atoms with van der Waals surface area (Å²) in [6.45, 7) is 2.49. The van der Waals surface area contributed by atoms with Crippen molar-refractivity contribution in [2.45, 2.75) is 26.1 Å². The molecule has 0 saturated heterocycles. The lowest BCUT2D eigenvalue weighted by Gasteiger charge is -2.14. The molecule has 6 nitrogen and oxygen atoms in total. The van der Waals surface area contributed by atoms with Crippen LogP contribution in [0.2, 0.25) is 0 Å². The molecule has 2 aromatic rings. The summed E-state index contributed by atoms with van der Waals surface area (Å²) in [5.74, 6) is 0.939. The second-order valence-electron chi connectivity index (χ2n) is 5.71. The quantitative estimate of drug-likeness (QED) is 0.802. The minimum absolute atomic E-state index is 0.102. The molecule has 3 N–H and O–H groups in total. The molecule has 0 bridgehead atoms. The van der Waals surface area contributed by atoms with Gasteiger partial charge in [0.05, 0.1) is 6.04 Å². The highest BCUT2D eigenvalue weighted by atomic mass is 19.1. The molecule has 132 valence electrons. The molecule has 0 aromatic heterocycles. The Morgan fingerprint density at radius 3 is 2.68 bits per heavy atom. The van der Waals surface area contributed by atoms with Gasteiger partial charge in [-0.3, -0.25) is 4.79 Å². The topological polar surface area (TPSA) is 82.8 Å². The van der Waals surface area contributed by atoms with E-state index >= 15 is 0 Å². The monoisotopic (exact) mass is 346 g/mol. The molecule has 1 aliphatic heterocycles. The molecule has 2 aromatic carbocycles. The summed E-state index contributed by atoms with van der Waals surface area (Å²) in [5.41, 5.74) is 6.93. The van der Waals surface area contributed by atoms with Crippen molar-refractivity contribution in [2.24, 2.45) is 5.73 Å². The minimum atomic E-state index is -0.452. The molecule has 0 spiro atoms. The highest BCUT2D eigenvalue weighted by Crippen LogP contribution is 2.43. The van der Waals surface area contributed by atoms with Gasteiger partial charge in [-0.25, -0.2) is 4.39 Å². The molecular weight excluding hydrogens is 327 g/mol. The molecule has 3 rings (SSSR count). The van der Waals surface area contributed by atoms with Crippen molar-refractivity contribution in [2.75, 3.05) is 6.79 Å². The van der Waals surface area contributed by atoms with Gasteiger partial charge in [0.25, 0.3) is 0 Å². The van der Waals surface area contributed by atoms with Crippen molar-refractivity contribution in [1.29, 1.82) is 0 Å². The van der Waals surface area contributed by atoms with Crippen LogP contribution in [0.1, 0.15) is 18.1 Å². The van der Waals surface area contributed by atoms with E-state index < -0.39 is 11.9 Å². The maximum absolute atomic E-state index is 12.9. The molecule has 25 heavy (non-hydrogen) atoms. The van der Waals surface area contributed by atoms with E-state index in [-0.39, 0.29) is 19.2 Å². The Labute approximate surface area is 144 Å². The third-order valence-corrected chi connectivity index (χ3v) is 3.90. The van der Waals surface area contributed by atoms with Crippen LogP contribution in [0.4, 0.5) is 4.39 Å². The highest BCUT2D eigenvalue weighted by molar-refractivity contribution is 5.79. The molecule has 1 atom stereocenters. The summed E-state index contributed by atoms with van der Waals surface area (Å²) < 4.78 is 29.7. The predicted octanol–water partition coefficient (Wildman–Crippen LogP) is 2.10. The summed E-state index contributed by atoms with van der Waals surface area (Å²) >= 11 is 0. The summed E-state index contributed by atoms with van der Waals surface area (Å²) in [6.07, 6.45) is 0. The number of fused-ring (bicyclic) bond motifs is 1. The molecule has 0 unspecified atom stereocenters. The number of nitrogens with one attached hydrogen (secondary N) is 1. The van der Waals surface area contributed by atoms with Gasteiger partial charge in [0.15, 0.2) is 11.5 Å². The Balaban J connectivity index is 1.70. The van der Waals surface area contributed by atoms with Crippen molar-refractivity contribution in [3.8, 4) is 17.2 Å². The van der Waals surface area contributed by atoms with Crippen LogP contribution in [-0.2, 0) is 17.9 Å².